The Hall–Kier alpha value is -1.06. The molecular weight excluding hydrogens is 158 g/mol. The van der Waals surface area contributed by atoms with E-state index in [1.165, 1.54) is 6.92 Å². The van der Waals surface area contributed by atoms with Gasteiger partial charge in [0.25, 0.3) is 1.43 Å². The van der Waals surface area contributed by atoms with Crippen molar-refractivity contribution in [3.8, 4) is 0 Å². The minimum absolute atomic E-state index is 0.260. The van der Waals surface area contributed by atoms with Crippen LogP contribution in [-0.2, 0) is 9.59 Å². The molecule has 0 aromatic carbocycles. The number of nitrogens with one attached hydrogen (secondary N) is 1. The zero-order chi connectivity index (χ0) is 10.4. The zero-order valence-corrected chi connectivity index (χ0v) is 7.59. The Labute approximate surface area is 73.5 Å². The molecule has 0 aliphatic heterocycles. The Bertz CT molecular complexity index is 194. The molecule has 1 atom stereocenters. The predicted octanol–water partition coefficient (Wildman–Crippen LogP) is 0.622. The molecule has 0 saturated heterocycles. The average Bonchev–Trinajstić information content (AvgIpc) is 2.00. The van der Waals surface area contributed by atoms with Crippen molar-refractivity contribution in [2.45, 2.75) is 33.2 Å². The van der Waals surface area contributed by atoms with Gasteiger partial charge in [-0.15, -0.1) is 0 Å². The molecule has 0 rings (SSSR count). The molecule has 0 aliphatic rings. The van der Waals surface area contributed by atoms with Crippen molar-refractivity contribution < 1.29 is 14.7 Å². The topological polar surface area (TPSA) is 66.4 Å². The Kier molecular flexibility index (Phi) is 3.57. The fraction of sp³-hybridized carbons (Fsp3) is 0.750. The van der Waals surface area contributed by atoms with E-state index in [0.29, 0.717) is 6.42 Å². The summed E-state index contributed by atoms with van der Waals surface area (Å²) < 4.78 is 6.43. The number of carbonyl (C=O) groups is 2. The van der Waals surface area contributed by atoms with Crippen molar-refractivity contribution in [3.63, 3.8) is 0 Å². The largest absolute Gasteiger partial charge is 0.480 e. The van der Waals surface area contributed by atoms with Gasteiger partial charge in [0.1, 0.15) is 6.04 Å². The highest BCUT2D eigenvalue weighted by Gasteiger charge is 2.18. The van der Waals surface area contributed by atoms with E-state index in [1.807, 2.05) is 13.8 Å². The quantitative estimate of drug-likeness (QED) is 0.656. The fourth-order valence-electron chi connectivity index (χ4n) is 0.931. The molecule has 4 heteroatoms. The Morgan fingerprint density at radius 1 is 1.58 bits per heavy atom. The molecule has 1 amide bonds. The third kappa shape index (κ3) is 4.71. The lowest BCUT2D eigenvalue weighted by Gasteiger charge is -2.14. The van der Waals surface area contributed by atoms with Crippen LogP contribution in [0, 0.1) is 5.92 Å². The number of rotatable bonds is 4. The maximum atomic E-state index is 11.0. The maximum absolute atomic E-state index is 11.0. The zero-order valence-electron chi connectivity index (χ0n) is 8.59. The fourth-order valence-corrected chi connectivity index (χ4v) is 0.931. The average molecular weight is 174 g/mol. The monoisotopic (exact) mass is 174 g/mol. The summed E-state index contributed by atoms with van der Waals surface area (Å²) >= 11 is 0. The second-order valence-electron chi connectivity index (χ2n) is 3.20. The van der Waals surface area contributed by atoms with Crippen LogP contribution in [0.2, 0.25) is 0 Å². The third-order valence-electron chi connectivity index (χ3n) is 1.37. The summed E-state index contributed by atoms with van der Waals surface area (Å²) in [5, 5.41) is 6.24. The molecule has 12 heavy (non-hydrogen) atoms. The molecule has 0 unspecified atom stereocenters. The highest BCUT2D eigenvalue weighted by atomic mass is 16.4. The molecule has 0 fully saturated rings. The van der Waals surface area contributed by atoms with Crippen LogP contribution < -0.4 is 5.32 Å². The van der Waals surface area contributed by atoms with E-state index in [2.05, 4.69) is 10.4 Å². The number of carbonyl (C=O) groups excluding carboxylic acids is 1. The van der Waals surface area contributed by atoms with Crippen LogP contribution in [0.5, 0.6) is 0 Å². The van der Waals surface area contributed by atoms with Crippen LogP contribution >= 0.6 is 0 Å². The van der Waals surface area contributed by atoms with E-state index in [0.717, 1.165) is 0 Å². The summed E-state index contributed by atoms with van der Waals surface area (Å²) in [6.45, 7) is 5.17. The molecule has 4 nitrogen and oxygen atoms in total. The SMILES string of the molecule is [2H]OC(=O)[C@@H](CC(C)C)NC(C)=O. The van der Waals surface area contributed by atoms with Gasteiger partial charge in [-0.05, 0) is 12.3 Å². The maximum Gasteiger partial charge on any atom is 0.326 e. The number of amides is 1. The van der Waals surface area contributed by atoms with Crippen LogP contribution in [0.1, 0.15) is 27.2 Å². The summed E-state index contributed by atoms with van der Waals surface area (Å²) in [6.07, 6.45) is 0.483. The van der Waals surface area contributed by atoms with Gasteiger partial charge in [0.05, 0.1) is 0 Å². The van der Waals surface area contributed by atoms with Crippen molar-refractivity contribution in [1.29, 1.82) is 1.43 Å². The normalized spacial score (nSPS) is 13.5. The second kappa shape index (κ2) is 4.74. The molecule has 0 heterocycles. The molecule has 0 saturated carbocycles. The van der Waals surface area contributed by atoms with Crippen LogP contribution in [-0.4, -0.2) is 23.0 Å². The highest BCUT2D eigenvalue weighted by molar-refractivity contribution is 5.81. The lowest BCUT2D eigenvalue weighted by atomic mass is 10.0. The van der Waals surface area contributed by atoms with Gasteiger partial charge >= 0.3 is 5.97 Å². The number of hydrogen-bond donors (Lipinski definition) is 2. The van der Waals surface area contributed by atoms with E-state index in [1.54, 1.807) is 0 Å². The third-order valence-corrected chi connectivity index (χ3v) is 1.37. The molecule has 0 radical (unpaired) electrons. The minimum atomic E-state index is -0.719. The number of aliphatic carboxylic acids is 1. The molecule has 0 spiro atoms. The summed E-state index contributed by atoms with van der Waals surface area (Å²) in [7, 11) is 0. The molecule has 0 aromatic rings. The first-order valence-electron chi connectivity index (χ1n) is 4.32. The van der Waals surface area contributed by atoms with E-state index in [9.17, 15) is 9.59 Å². The van der Waals surface area contributed by atoms with Crippen molar-refractivity contribution in [3.05, 3.63) is 0 Å². The number of hydrogen-bond acceptors (Lipinski definition) is 3. The molecular formula is C8H15NO3. The van der Waals surface area contributed by atoms with Gasteiger partial charge in [0.15, 0.2) is 0 Å². The van der Waals surface area contributed by atoms with Crippen molar-refractivity contribution >= 4 is 11.9 Å². The summed E-state index contributed by atoms with van der Waals surface area (Å²) in [6, 6.07) is -0.699. The van der Waals surface area contributed by atoms with Crippen molar-refractivity contribution in [2.24, 2.45) is 5.92 Å². The molecule has 0 aliphatic carbocycles. The number of carboxylic acid groups (broad SMARTS) is 1. The van der Waals surface area contributed by atoms with Crippen LogP contribution in [0.25, 0.3) is 1.43 Å². The second-order valence-corrected chi connectivity index (χ2v) is 3.20. The van der Waals surface area contributed by atoms with Crippen LogP contribution in [0.3, 0.4) is 0 Å². The Morgan fingerprint density at radius 2 is 2.17 bits per heavy atom. The minimum Gasteiger partial charge on any atom is -0.480 e. The van der Waals surface area contributed by atoms with E-state index >= 15 is 0 Å². The van der Waals surface area contributed by atoms with Gasteiger partial charge in [0.2, 0.25) is 5.91 Å². The van der Waals surface area contributed by atoms with Crippen molar-refractivity contribution in [2.75, 3.05) is 0 Å². The first-order chi connectivity index (χ1) is 5.97. The van der Waals surface area contributed by atoms with Gasteiger partial charge in [-0.3, -0.25) is 4.79 Å². The van der Waals surface area contributed by atoms with Gasteiger partial charge in [-0.2, -0.15) is 0 Å². The summed E-state index contributed by atoms with van der Waals surface area (Å²) in [5.74, 6) is -0.754. The van der Waals surface area contributed by atoms with E-state index in [4.69, 9.17) is 1.43 Å². The molecule has 0 aromatic heterocycles. The Balaban J connectivity index is 4.18. The van der Waals surface area contributed by atoms with Gasteiger partial charge in [-0.25, -0.2) is 4.79 Å². The highest BCUT2D eigenvalue weighted by Crippen LogP contribution is 2.04. The van der Waals surface area contributed by atoms with Crippen molar-refractivity contribution in [1.82, 2.24) is 5.32 Å². The van der Waals surface area contributed by atoms with Crippen LogP contribution in [0.4, 0.5) is 0 Å². The van der Waals surface area contributed by atoms with Gasteiger partial charge in [-0.1, -0.05) is 13.8 Å². The van der Waals surface area contributed by atoms with E-state index < -0.39 is 12.0 Å². The lowest BCUT2D eigenvalue weighted by molar-refractivity contribution is -0.142. The van der Waals surface area contributed by atoms with E-state index in [-0.39, 0.29) is 11.8 Å². The van der Waals surface area contributed by atoms with Gasteiger partial charge in [0, 0.05) is 6.92 Å². The number of carboxylic acids is 1. The Morgan fingerprint density at radius 3 is 2.50 bits per heavy atom. The standard InChI is InChI=1S/C8H15NO3/c1-5(2)4-7(8(11)12)9-6(3)10/h5,7H,4H2,1-3H3,(H,9,10)(H,11,12)/t7-/m1/s1/i/hD. The smallest absolute Gasteiger partial charge is 0.326 e. The summed E-state index contributed by atoms with van der Waals surface area (Å²) in [5.41, 5.74) is 0. The van der Waals surface area contributed by atoms with Gasteiger partial charge < -0.3 is 10.4 Å². The molecule has 70 valence electrons. The first-order valence-corrected chi connectivity index (χ1v) is 3.91. The predicted molar refractivity (Wildman–Crippen MR) is 44.7 cm³/mol. The van der Waals surface area contributed by atoms with Crippen LogP contribution in [0.15, 0.2) is 0 Å². The lowest BCUT2D eigenvalue weighted by Crippen LogP contribution is -2.40. The summed E-state index contributed by atoms with van der Waals surface area (Å²) in [4.78, 5) is 21.6. The first kappa shape index (κ1) is 9.03. The molecule has 0 bridgehead atoms. The molecule has 2 N–H and O–H groups in total.